The smallest absolute Gasteiger partial charge is 0.408 e. The molecule has 2 atom stereocenters. The number of rotatable bonds is 7. The van der Waals surface area contributed by atoms with Crippen LogP contribution in [0.2, 0.25) is 5.02 Å². The summed E-state index contributed by atoms with van der Waals surface area (Å²) in [7, 11) is 0. The highest BCUT2D eigenvalue weighted by Crippen LogP contribution is 2.26. The molecule has 5 nitrogen and oxygen atoms in total. The fourth-order valence-corrected chi connectivity index (χ4v) is 3.17. The molecule has 3 aromatic rings. The monoisotopic (exact) mass is 436 g/mol. The Kier molecular flexibility index (Phi) is 7.21. The quantitative estimate of drug-likeness (QED) is 0.361. The molecule has 3 aromatic carbocycles. The number of carbonyl (C=O) groups is 1. The highest BCUT2D eigenvalue weighted by Gasteiger charge is 2.15. The molecule has 0 spiro atoms. The van der Waals surface area contributed by atoms with E-state index in [9.17, 15) is 9.90 Å². The highest BCUT2D eigenvalue weighted by molar-refractivity contribution is 6.30. The minimum Gasteiger partial charge on any atom is -0.506 e. The van der Waals surface area contributed by atoms with Crippen molar-refractivity contribution in [2.45, 2.75) is 26.0 Å². The number of hydrogen-bond donors (Lipinski definition) is 3. The van der Waals surface area contributed by atoms with Crippen molar-refractivity contribution in [3.05, 3.63) is 101 Å². The van der Waals surface area contributed by atoms with E-state index in [-0.39, 0.29) is 11.8 Å². The maximum absolute atomic E-state index is 12.3. The Hall–Kier alpha value is -3.44. The first-order valence-corrected chi connectivity index (χ1v) is 10.3. The lowest BCUT2D eigenvalue weighted by Crippen LogP contribution is -2.28. The third kappa shape index (κ3) is 6.03. The maximum atomic E-state index is 12.3. The number of aromatic hydroxyl groups is 1. The number of benzene rings is 3. The van der Waals surface area contributed by atoms with Crippen LogP contribution in [0.5, 0.6) is 5.75 Å². The number of para-hydroxylation sites is 2. The third-order valence-corrected chi connectivity index (χ3v) is 5.16. The number of halogens is 1. The molecule has 0 aliphatic heterocycles. The van der Waals surface area contributed by atoms with Gasteiger partial charge in [0.2, 0.25) is 0 Å². The molecule has 31 heavy (non-hydrogen) atoms. The predicted octanol–water partition coefficient (Wildman–Crippen LogP) is 6.68. The molecule has 0 radical (unpaired) electrons. The summed E-state index contributed by atoms with van der Waals surface area (Å²) in [6.45, 7) is 7.73. The standard InChI is InChI=1S/C25H25ClN2O3/c1-16(27-23-6-4-5-7-24(23)29)19-8-10-20(11-9-19)17(2)28-25(30)31-18(3)21-12-14-22(26)15-13-21/h4-15,17-18,27,29H,1H2,2-3H3,(H,28,30)/t17-,18+/m1/s1. The van der Waals surface area contributed by atoms with Crippen molar-refractivity contribution in [2.75, 3.05) is 5.32 Å². The van der Waals surface area contributed by atoms with Crippen molar-refractivity contribution in [3.8, 4) is 5.75 Å². The van der Waals surface area contributed by atoms with Crippen LogP contribution in [0.1, 0.15) is 42.7 Å². The fourth-order valence-electron chi connectivity index (χ4n) is 3.04. The largest absolute Gasteiger partial charge is 0.506 e. The van der Waals surface area contributed by atoms with Gasteiger partial charge in [-0.25, -0.2) is 4.79 Å². The van der Waals surface area contributed by atoms with Gasteiger partial charge in [-0.3, -0.25) is 0 Å². The van der Waals surface area contributed by atoms with Crippen molar-refractivity contribution in [2.24, 2.45) is 0 Å². The van der Waals surface area contributed by atoms with E-state index in [0.29, 0.717) is 16.4 Å². The van der Waals surface area contributed by atoms with E-state index in [1.54, 1.807) is 30.3 Å². The summed E-state index contributed by atoms with van der Waals surface area (Å²) in [5.74, 6) is 0.157. The van der Waals surface area contributed by atoms with Crippen molar-refractivity contribution in [1.82, 2.24) is 5.32 Å². The number of hydrogen-bond acceptors (Lipinski definition) is 4. The molecular weight excluding hydrogens is 412 g/mol. The lowest BCUT2D eigenvalue weighted by atomic mass is 10.0. The lowest BCUT2D eigenvalue weighted by Gasteiger charge is -2.18. The SMILES string of the molecule is C=C(Nc1ccccc1O)c1ccc([C@@H](C)NC(=O)O[C@@H](C)c2ccc(Cl)cc2)cc1. The fraction of sp³-hybridized carbons (Fsp3) is 0.160. The van der Waals surface area contributed by atoms with E-state index in [4.69, 9.17) is 16.3 Å². The average Bonchev–Trinajstić information content (AvgIpc) is 2.75. The number of ether oxygens (including phenoxy) is 1. The number of alkyl carbamates (subject to hydrolysis) is 1. The van der Waals surface area contributed by atoms with E-state index >= 15 is 0 Å². The van der Waals surface area contributed by atoms with E-state index < -0.39 is 12.2 Å². The van der Waals surface area contributed by atoms with Crippen molar-refractivity contribution in [1.29, 1.82) is 0 Å². The van der Waals surface area contributed by atoms with Gasteiger partial charge in [-0.15, -0.1) is 0 Å². The van der Waals surface area contributed by atoms with E-state index in [0.717, 1.165) is 16.7 Å². The zero-order valence-electron chi connectivity index (χ0n) is 17.4. The topological polar surface area (TPSA) is 70.6 Å². The van der Waals surface area contributed by atoms with Gasteiger partial charge in [0.15, 0.2) is 0 Å². The first kappa shape index (κ1) is 22.2. The zero-order valence-corrected chi connectivity index (χ0v) is 18.2. The Labute approximate surface area is 187 Å². The van der Waals surface area contributed by atoms with Crippen molar-refractivity contribution >= 4 is 29.1 Å². The molecule has 3 rings (SSSR count). The number of phenols is 1. The maximum Gasteiger partial charge on any atom is 0.408 e. The molecule has 0 bridgehead atoms. The second-order valence-corrected chi connectivity index (χ2v) is 7.64. The Bertz CT molecular complexity index is 1050. The van der Waals surface area contributed by atoms with Crippen LogP contribution >= 0.6 is 11.6 Å². The highest BCUT2D eigenvalue weighted by atomic mass is 35.5. The molecule has 1 amide bonds. The lowest BCUT2D eigenvalue weighted by molar-refractivity contribution is 0.104. The molecule has 0 aromatic heterocycles. The van der Waals surface area contributed by atoms with Crippen LogP contribution in [0.3, 0.4) is 0 Å². The van der Waals surface area contributed by atoms with Crippen LogP contribution in [0.25, 0.3) is 5.70 Å². The zero-order chi connectivity index (χ0) is 22.4. The summed E-state index contributed by atoms with van der Waals surface area (Å²) in [5.41, 5.74) is 3.91. The van der Waals surface area contributed by atoms with Crippen LogP contribution in [0.4, 0.5) is 10.5 Å². The Morgan fingerprint density at radius 3 is 2.23 bits per heavy atom. The van der Waals surface area contributed by atoms with Gasteiger partial charge < -0.3 is 20.5 Å². The minimum absolute atomic E-state index is 0.157. The molecule has 0 saturated carbocycles. The van der Waals surface area contributed by atoms with Gasteiger partial charge in [0.05, 0.1) is 11.7 Å². The molecular formula is C25H25ClN2O3. The first-order valence-electron chi connectivity index (χ1n) is 9.90. The molecule has 0 heterocycles. The summed E-state index contributed by atoms with van der Waals surface area (Å²) < 4.78 is 5.47. The summed E-state index contributed by atoms with van der Waals surface area (Å²) in [6, 6.07) is 21.6. The van der Waals surface area contributed by atoms with Gasteiger partial charge in [0.25, 0.3) is 0 Å². The molecule has 0 aliphatic rings. The second-order valence-electron chi connectivity index (χ2n) is 7.21. The van der Waals surface area contributed by atoms with E-state index in [1.807, 2.05) is 56.3 Å². The number of anilines is 1. The summed E-state index contributed by atoms with van der Waals surface area (Å²) in [4.78, 5) is 12.3. The van der Waals surface area contributed by atoms with Gasteiger partial charge in [-0.05, 0) is 54.8 Å². The molecule has 160 valence electrons. The molecule has 0 aliphatic carbocycles. The van der Waals surface area contributed by atoms with E-state index in [1.165, 1.54) is 0 Å². The van der Waals surface area contributed by atoms with Gasteiger partial charge in [0.1, 0.15) is 11.9 Å². The van der Waals surface area contributed by atoms with E-state index in [2.05, 4.69) is 17.2 Å². The molecule has 0 saturated heterocycles. The van der Waals surface area contributed by atoms with Crippen LogP contribution in [0, 0.1) is 0 Å². The van der Waals surface area contributed by atoms with Crippen LogP contribution in [-0.2, 0) is 4.74 Å². The summed E-state index contributed by atoms with van der Waals surface area (Å²) >= 11 is 5.90. The average molecular weight is 437 g/mol. The van der Waals surface area contributed by atoms with Gasteiger partial charge in [-0.2, -0.15) is 0 Å². The van der Waals surface area contributed by atoms with Gasteiger partial charge in [0, 0.05) is 10.7 Å². The predicted molar refractivity (Wildman–Crippen MR) is 125 cm³/mol. The Morgan fingerprint density at radius 2 is 1.58 bits per heavy atom. The molecule has 0 unspecified atom stereocenters. The first-order chi connectivity index (χ1) is 14.8. The summed E-state index contributed by atoms with van der Waals surface area (Å²) in [5, 5.41) is 16.5. The third-order valence-electron chi connectivity index (χ3n) is 4.91. The van der Waals surface area contributed by atoms with Crippen LogP contribution < -0.4 is 10.6 Å². The minimum atomic E-state index is -0.496. The molecule has 3 N–H and O–H groups in total. The Morgan fingerprint density at radius 1 is 0.968 bits per heavy atom. The Balaban J connectivity index is 1.56. The normalized spacial score (nSPS) is 12.5. The number of nitrogens with one attached hydrogen (secondary N) is 2. The second kappa shape index (κ2) is 10.0. The van der Waals surface area contributed by atoms with Crippen molar-refractivity contribution < 1.29 is 14.6 Å². The molecule has 0 fully saturated rings. The van der Waals surface area contributed by atoms with Crippen LogP contribution in [0.15, 0.2) is 79.4 Å². The van der Waals surface area contributed by atoms with Gasteiger partial charge in [-0.1, -0.05) is 66.7 Å². The number of amides is 1. The molecule has 6 heteroatoms. The number of carbonyl (C=O) groups excluding carboxylic acids is 1. The van der Waals surface area contributed by atoms with Crippen LogP contribution in [-0.4, -0.2) is 11.2 Å². The number of phenolic OH excluding ortho intramolecular Hbond substituents is 1. The van der Waals surface area contributed by atoms with Gasteiger partial charge >= 0.3 is 6.09 Å². The van der Waals surface area contributed by atoms with Crippen molar-refractivity contribution in [3.63, 3.8) is 0 Å². The summed E-state index contributed by atoms with van der Waals surface area (Å²) in [6.07, 6.45) is -0.889.